The lowest BCUT2D eigenvalue weighted by molar-refractivity contribution is -0.146. The Morgan fingerprint density at radius 1 is 1.05 bits per heavy atom. The Morgan fingerprint density at radius 2 is 1.64 bits per heavy atom. The number of rotatable bonds is 3. The summed E-state index contributed by atoms with van der Waals surface area (Å²) in [5.41, 5.74) is 0. The van der Waals surface area contributed by atoms with Crippen molar-refractivity contribution in [3.8, 4) is 6.07 Å². The molecule has 1 unspecified atom stereocenters. The summed E-state index contributed by atoms with van der Waals surface area (Å²) in [5, 5.41) is 9.29. The smallest absolute Gasteiger partial charge is 0.246 e. The molecule has 0 bridgehead atoms. The van der Waals surface area contributed by atoms with Gasteiger partial charge in [0, 0.05) is 13.0 Å². The van der Waals surface area contributed by atoms with E-state index in [0.29, 0.717) is 19.4 Å². The topological polar surface area (TPSA) is 61.2 Å². The van der Waals surface area contributed by atoms with Gasteiger partial charge >= 0.3 is 0 Å². The summed E-state index contributed by atoms with van der Waals surface area (Å²) >= 11 is 0. The van der Waals surface area contributed by atoms with Gasteiger partial charge in [0.1, 0.15) is 5.92 Å². The molecule has 0 radical (unpaired) electrons. The molecule has 124 valence electrons. The highest BCUT2D eigenvalue weighted by Crippen LogP contribution is 2.18. The van der Waals surface area contributed by atoms with Crippen LogP contribution in [-0.4, -0.2) is 23.3 Å². The van der Waals surface area contributed by atoms with Crippen molar-refractivity contribution in [1.82, 2.24) is 4.90 Å². The van der Waals surface area contributed by atoms with Gasteiger partial charge in [-0.25, -0.2) is 0 Å². The zero-order valence-corrected chi connectivity index (χ0v) is 14.0. The lowest BCUT2D eigenvalue weighted by atomic mass is 9.98. The van der Waals surface area contributed by atoms with Gasteiger partial charge in [-0.1, -0.05) is 58.3 Å². The summed E-state index contributed by atoms with van der Waals surface area (Å²) in [6, 6.07) is 2.12. The van der Waals surface area contributed by atoms with E-state index in [1.54, 1.807) is 0 Å². The highest BCUT2D eigenvalue weighted by atomic mass is 16.2. The van der Waals surface area contributed by atoms with Gasteiger partial charge in [0.2, 0.25) is 11.8 Å². The van der Waals surface area contributed by atoms with Crippen LogP contribution in [0.15, 0.2) is 0 Å². The normalized spacial score (nSPS) is 22.9. The number of imide groups is 1. The Balaban J connectivity index is 2.74. The predicted octanol–water partition coefficient (Wildman–Crippen LogP) is 4.20. The van der Waals surface area contributed by atoms with Crippen molar-refractivity contribution in [3.05, 3.63) is 0 Å². The standard InChI is InChI=1S/C18H30N2O2/c1-2-3-14-20-17(21)13-11-9-7-5-4-6-8-10-12-16(15-19)18(20)22/h16H,2-14H2,1H3. The van der Waals surface area contributed by atoms with Crippen molar-refractivity contribution < 1.29 is 9.59 Å². The van der Waals surface area contributed by atoms with Crippen molar-refractivity contribution in [2.75, 3.05) is 6.54 Å². The first-order valence-corrected chi connectivity index (χ1v) is 8.94. The Labute approximate surface area is 134 Å². The number of amides is 2. The Morgan fingerprint density at radius 3 is 2.23 bits per heavy atom. The quantitative estimate of drug-likeness (QED) is 0.734. The molecular formula is C18H30N2O2. The Kier molecular flexibility index (Phi) is 9.54. The number of hydrogen-bond acceptors (Lipinski definition) is 3. The largest absolute Gasteiger partial charge is 0.281 e. The van der Waals surface area contributed by atoms with Gasteiger partial charge in [-0.05, 0) is 19.3 Å². The van der Waals surface area contributed by atoms with Crippen LogP contribution in [0.1, 0.15) is 84.0 Å². The number of unbranched alkanes of at least 4 members (excludes halogenated alkanes) is 1. The second kappa shape index (κ2) is 11.2. The van der Waals surface area contributed by atoms with Crippen LogP contribution in [0.25, 0.3) is 0 Å². The van der Waals surface area contributed by atoms with Gasteiger partial charge in [0.05, 0.1) is 6.07 Å². The first kappa shape index (κ1) is 18.7. The molecule has 0 aromatic carbocycles. The Hall–Kier alpha value is -1.37. The van der Waals surface area contributed by atoms with Crippen LogP contribution in [-0.2, 0) is 9.59 Å². The van der Waals surface area contributed by atoms with Gasteiger partial charge < -0.3 is 0 Å². The van der Waals surface area contributed by atoms with Crippen LogP contribution in [0.3, 0.4) is 0 Å². The average Bonchev–Trinajstić information content (AvgIpc) is 2.52. The number of carbonyl (C=O) groups excluding carboxylic acids is 2. The van der Waals surface area contributed by atoms with Gasteiger partial charge in [-0.3, -0.25) is 14.5 Å². The lowest BCUT2D eigenvalue weighted by Gasteiger charge is -2.23. The Bertz CT molecular complexity index is 387. The fourth-order valence-electron chi connectivity index (χ4n) is 2.93. The average molecular weight is 306 g/mol. The number of nitrogens with zero attached hydrogens (tertiary/aromatic N) is 2. The molecule has 1 saturated heterocycles. The zero-order chi connectivity index (χ0) is 16.2. The van der Waals surface area contributed by atoms with E-state index in [4.69, 9.17) is 0 Å². The van der Waals surface area contributed by atoms with E-state index in [1.165, 1.54) is 30.6 Å². The van der Waals surface area contributed by atoms with Gasteiger partial charge in [0.15, 0.2) is 0 Å². The monoisotopic (exact) mass is 306 g/mol. The van der Waals surface area contributed by atoms with Crippen LogP contribution in [0.4, 0.5) is 0 Å². The number of carbonyl (C=O) groups is 2. The second-order valence-electron chi connectivity index (χ2n) is 6.29. The highest BCUT2D eigenvalue weighted by Gasteiger charge is 2.27. The molecule has 2 amide bonds. The van der Waals surface area contributed by atoms with Crippen molar-refractivity contribution in [1.29, 1.82) is 5.26 Å². The molecule has 1 aliphatic rings. The van der Waals surface area contributed by atoms with Crippen LogP contribution >= 0.6 is 0 Å². The third-order valence-electron chi connectivity index (χ3n) is 4.39. The van der Waals surface area contributed by atoms with E-state index in [9.17, 15) is 14.9 Å². The molecule has 4 heteroatoms. The molecule has 0 aliphatic carbocycles. The molecule has 0 aromatic heterocycles. The second-order valence-corrected chi connectivity index (χ2v) is 6.29. The summed E-state index contributed by atoms with van der Waals surface area (Å²) in [6.07, 6.45) is 11.5. The maximum absolute atomic E-state index is 12.5. The van der Waals surface area contributed by atoms with E-state index in [2.05, 4.69) is 6.07 Å². The van der Waals surface area contributed by atoms with Crippen LogP contribution in [0.2, 0.25) is 0 Å². The molecule has 1 aliphatic heterocycles. The molecule has 1 atom stereocenters. The minimum Gasteiger partial charge on any atom is -0.281 e. The molecule has 22 heavy (non-hydrogen) atoms. The SMILES string of the molecule is CCCCN1C(=O)CCCCCCCCCCC(C#N)C1=O. The minimum atomic E-state index is -0.649. The minimum absolute atomic E-state index is 0.0873. The molecule has 1 rings (SSSR count). The molecule has 1 heterocycles. The summed E-state index contributed by atoms with van der Waals surface area (Å²) in [7, 11) is 0. The fourth-order valence-corrected chi connectivity index (χ4v) is 2.93. The first-order chi connectivity index (χ1) is 10.7. The van der Waals surface area contributed by atoms with E-state index < -0.39 is 5.92 Å². The van der Waals surface area contributed by atoms with Crippen molar-refractivity contribution in [2.24, 2.45) is 5.92 Å². The predicted molar refractivity (Wildman–Crippen MR) is 86.9 cm³/mol. The van der Waals surface area contributed by atoms with E-state index >= 15 is 0 Å². The summed E-state index contributed by atoms with van der Waals surface area (Å²) in [5.74, 6) is -1.00. The van der Waals surface area contributed by atoms with Gasteiger partial charge in [0.25, 0.3) is 0 Å². The van der Waals surface area contributed by atoms with Crippen molar-refractivity contribution in [2.45, 2.75) is 84.0 Å². The molecule has 0 saturated carbocycles. The summed E-state index contributed by atoms with van der Waals surface area (Å²) < 4.78 is 0. The van der Waals surface area contributed by atoms with Gasteiger partial charge in [-0.15, -0.1) is 0 Å². The number of nitriles is 1. The maximum Gasteiger partial charge on any atom is 0.246 e. The summed E-state index contributed by atoms with van der Waals surface area (Å²) in [4.78, 5) is 26.3. The van der Waals surface area contributed by atoms with E-state index in [0.717, 1.165) is 38.5 Å². The van der Waals surface area contributed by atoms with E-state index in [1.807, 2.05) is 6.92 Å². The lowest BCUT2D eigenvalue weighted by Crippen LogP contribution is -2.41. The fraction of sp³-hybridized carbons (Fsp3) is 0.833. The van der Waals surface area contributed by atoms with Crippen LogP contribution in [0, 0.1) is 17.2 Å². The summed E-state index contributed by atoms with van der Waals surface area (Å²) in [6.45, 7) is 2.51. The molecular weight excluding hydrogens is 276 g/mol. The maximum atomic E-state index is 12.5. The molecule has 1 fully saturated rings. The van der Waals surface area contributed by atoms with Gasteiger partial charge in [-0.2, -0.15) is 5.26 Å². The van der Waals surface area contributed by atoms with Crippen molar-refractivity contribution >= 4 is 11.8 Å². The molecule has 0 spiro atoms. The van der Waals surface area contributed by atoms with Crippen LogP contribution < -0.4 is 0 Å². The molecule has 4 nitrogen and oxygen atoms in total. The molecule has 0 N–H and O–H groups in total. The molecule has 0 aromatic rings. The first-order valence-electron chi connectivity index (χ1n) is 8.94. The highest BCUT2D eigenvalue weighted by molar-refractivity contribution is 5.97. The zero-order valence-electron chi connectivity index (χ0n) is 14.0. The third kappa shape index (κ3) is 6.60. The third-order valence-corrected chi connectivity index (χ3v) is 4.39. The van der Waals surface area contributed by atoms with Crippen LogP contribution in [0.5, 0.6) is 0 Å². The van der Waals surface area contributed by atoms with E-state index in [-0.39, 0.29) is 11.8 Å². The van der Waals surface area contributed by atoms with Crippen molar-refractivity contribution in [3.63, 3.8) is 0 Å². The number of hydrogen-bond donors (Lipinski definition) is 0.